The van der Waals surface area contributed by atoms with E-state index >= 15 is 0 Å². The first-order valence-corrected chi connectivity index (χ1v) is 4.49. The second kappa shape index (κ2) is 5.56. The number of carbonyl (C=O) groups is 2. The Bertz CT molecular complexity index is 189. The zero-order valence-electron chi connectivity index (χ0n) is 8.33. The van der Waals surface area contributed by atoms with Gasteiger partial charge in [-0.3, -0.25) is 9.59 Å². The first-order chi connectivity index (χ1) is 5.97. The highest BCUT2D eigenvalue weighted by Gasteiger charge is 2.15. The van der Waals surface area contributed by atoms with Crippen molar-refractivity contribution in [1.29, 1.82) is 0 Å². The van der Waals surface area contributed by atoms with Gasteiger partial charge in [-0.1, -0.05) is 20.8 Å². The molecular formula is C9H17NO3. The lowest BCUT2D eigenvalue weighted by Crippen LogP contribution is -2.38. The number of carboxylic acids is 1. The van der Waals surface area contributed by atoms with Crippen molar-refractivity contribution >= 4 is 11.9 Å². The second-order valence-electron chi connectivity index (χ2n) is 3.37. The van der Waals surface area contributed by atoms with Crippen LogP contribution in [0.2, 0.25) is 0 Å². The molecule has 0 saturated carbocycles. The Morgan fingerprint density at radius 1 is 1.38 bits per heavy atom. The number of carboxylic acid groups (broad SMARTS) is 1. The highest BCUT2D eigenvalue weighted by molar-refractivity contribution is 5.79. The summed E-state index contributed by atoms with van der Waals surface area (Å²) in [5.41, 5.74) is 0. The molecule has 2 N–H and O–H groups in total. The fraction of sp³-hybridized carbons (Fsp3) is 0.778. The van der Waals surface area contributed by atoms with Crippen LogP contribution < -0.4 is 5.32 Å². The largest absolute Gasteiger partial charge is 0.481 e. The van der Waals surface area contributed by atoms with Gasteiger partial charge in [0.1, 0.15) is 0 Å². The molecule has 0 aromatic heterocycles. The lowest BCUT2D eigenvalue weighted by Gasteiger charge is -2.16. The third kappa shape index (κ3) is 5.22. The molecule has 4 nitrogen and oxygen atoms in total. The Morgan fingerprint density at radius 2 is 1.92 bits per heavy atom. The second-order valence-corrected chi connectivity index (χ2v) is 3.37. The molecule has 4 heteroatoms. The number of carbonyl (C=O) groups excluding carboxylic acids is 1. The molecule has 0 bridgehead atoms. The predicted molar refractivity (Wildman–Crippen MR) is 49.3 cm³/mol. The lowest BCUT2D eigenvalue weighted by molar-refractivity contribution is -0.137. The van der Waals surface area contributed by atoms with E-state index in [1.165, 1.54) is 0 Å². The van der Waals surface area contributed by atoms with E-state index in [2.05, 4.69) is 5.32 Å². The van der Waals surface area contributed by atoms with Crippen molar-refractivity contribution in [2.24, 2.45) is 5.92 Å². The number of amides is 1. The molecule has 1 amide bonds. The average Bonchev–Trinajstić information content (AvgIpc) is 2.02. The van der Waals surface area contributed by atoms with Gasteiger partial charge in [0.15, 0.2) is 0 Å². The van der Waals surface area contributed by atoms with Crippen molar-refractivity contribution in [2.45, 2.75) is 39.7 Å². The van der Waals surface area contributed by atoms with Crippen LogP contribution in [0.25, 0.3) is 0 Å². The van der Waals surface area contributed by atoms with Crippen LogP contribution in [0.1, 0.15) is 33.6 Å². The monoisotopic (exact) mass is 187 g/mol. The summed E-state index contributed by atoms with van der Waals surface area (Å²) in [4.78, 5) is 21.6. The van der Waals surface area contributed by atoms with E-state index in [4.69, 9.17) is 5.11 Å². The lowest BCUT2D eigenvalue weighted by atomic mass is 10.1. The molecule has 1 atom stereocenters. The van der Waals surface area contributed by atoms with Gasteiger partial charge < -0.3 is 10.4 Å². The molecule has 0 aromatic rings. The topological polar surface area (TPSA) is 66.4 Å². The molecule has 0 aromatic carbocycles. The molecule has 0 rings (SSSR count). The predicted octanol–water partition coefficient (Wildman–Crippen LogP) is 1.01. The number of hydrogen-bond donors (Lipinski definition) is 2. The fourth-order valence-electron chi connectivity index (χ4n) is 0.876. The molecule has 0 fully saturated rings. The van der Waals surface area contributed by atoms with E-state index in [9.17, 15) is 9.59 Å². The maximum absolute atomic E-state index is 11.2. The SMILES string of the molecule is CCC(CC(=O)O)NC(=O)C(C)C. The Kier molecular flexibility index (Phi) is 5.11. The summed E-state index contributed by atoms with van der Waals surface area (Å²) in [7, 11) is 0. The molecule has 0 spiro atoms. The molecule has 1 unspecified atom stereocenters. The molecule has 0 aliphatic rings. The third-order valence-corrected chi connectivity index (χ3v) is 1.78. The average molecular weight is 187 g/mol. The standard InChI is InChI=1S/C9H17NO3/c1-4-7(5-8(11)12)10-9(13)6(2)3/h6-7H,4-5H2,1-3H3,(H,10,13)(H,11,12). The zero-order valence-corrected chi connectivity index (χ0v) is 8.33. The Balaban J connectivity index is 3.97. The van der Waals surface area contributed by atoms with E-state index in [1.807, 2.05) is 6.92 Å². The van der Waals surface area contributed by atoms with Gasteiger partial charge >= 0.3 is 5.97 Å². The smallest absolute Gasteiger partial charge is 0.305 e. The van der Waals surface area contributed by atoms with E-state index < -0.39 is 5.97 Å². The van der Waals surface area contributed by atoms with Crippen LogP contribution >= 0.6 is 0 Å². The third-order valence-electron chi connectivity index (χ3n) is 1.78. The maximum atomic E-state index is 11.2. The molecule has 76 valence electrons. The zero-order chi connectivity index (χ0) is 10.4. The van der Waals surface area contributed by atoms with Crippen LogP contribution in [0, 0.1) is 5.92 Å². The molecule has 0 radical (unpaired) electrons. The quantitative estimate of drug-likeness (QED) is 0.675. The minimum atomic E-state index is -0.879. The van der Waals surface area contributed by atoms with E-state index in [1.54, 1.807) is 13.8 Å². The minimum absolute atomic E-state index is 0.00500. The Morgan fingerprint density at radius 3 is 2.23 bits per heavy atom. The van der Waals surface area contributed by atoms with E-state index in [0.29, 0.717) is 6.42 Å². The summed E-state index contributed by atoms with van der Waals surface area (Å²) < 4.78 is 0. The first-order valence-electron chi connectivity index (χ1n) is 4.49. The van der Waals surface area contributed by atoms with Gasteiger partial charge in [0.05, 0.1) is 6.42 Å². The van der Waals surface area contributed by atoms with Gasteiger partial charge in [-0.2, -0.15) is 0 Å². The van der Waals surface area contributed by atoms with Gasteiger partial charge in [0, 0.05) is 12.0 Å². The fourth-order valence-corrected chi connectivity index (χ4v) is 0.876. The number of aliphatic carboxylic acids is 1. The van der Waals surface area contributed by atoms with Crippen LogP contribution in [0.5, 0.6) is 0 Å². The van der Waals surface area contributed by atoms with Crippen LogP contribution in [-0.4, -0.2) is 23.0 Å². The normalized spacial score (nSPS) is 12.6. The molecule has 0 aliphatic carbocycles. The van der Waals surface area contributed by atoms with Gasteiger partial charge in [0.2, 0.25) is 5.91 Å². The van der Waals surface area contributed by atoms with Gasteiger partial charge in [0.25, 0.3) is 0 Å². The Labute approximate surface area is 78.3 Å². The van der Waals surface area contributed by atoms with Gasteiger partial charge in [-0.05, 0) is 6.42 Å². The minimum Gasteiger partial charge on any atom is -0.481 e. The highest BCUT2D eigenvalue weighted by atomic mass is 16.4. The van der Waals surface area contributed by atoms with Crippen LogP contribution in [0.4, 0.5) is 0 Å². The molecule has 0 saturated heterocycles. The van der Waals surface area contributed by atoms with Crippen molar-refractivity contribution in [3.63, 3.8) is 0 Å². The molecule has 13 heavy (non-hydrogen) atoms. The van der Waals surface area contributed by atoms with E-state index in [0.717, 1.165) is 0 Å². The number of rotatable bonds is 5. The van der Waals surface area contributed by atoms with Gasteiger partial charge in [-0.15, -0.1) is 0 Å². The summed E-state index contributed by atoms with van der Waals surface area (Å²) in [5, 5.41) is 11.2. The summed E-state index contributed by atoms with van der Waals surface area (Å²) in [6.07, 6.45) is 0.639. The maximum Gasteiger partial charge on any atom is 0.305 e. The van der Waals surface area contributed by atoms with E-state index in [-0.39, 0.29) is 24.3 Å². The van der Waals surface area contributed by atoms with Crippen LogP contribution in [-0.2, 0) is 9.59 Å². The summed E-state index contributed by atoms with van der Waals surface area (Å²) in [6.45, 7) is 5.42. The van der Waals surface area contributed by atoms with Crippen molar-refractivity contribution in [3.05, 3.63) is 0 Å². The molecule has 0 aliphatic heterocycles. The highest BCUT2D eigenvalue weighted by Crippen LogP contribution is 2.00. The Hall–Kier alpha value is -1.06. The van der Waals surface area contributed by atoms with Crippen LogP contribution in [0.15, 0.2) is 0 Å². The van der Waals surface area contributed by atoms with Crippen LogP contribution in [0.3, 0.4) is 0 Å². The summed E-state index contributed by atoms with van der Waals surface area (Å²) in [6, 6.07) is -0.243. The molecular weight excluding hydrogens is 170 g/mol. The van der Waals surface area contributed by atoms with Crippen molar-refractivity contribution < 1.29 is 14.7 Å². The summed E-state index contributed by atoms with van der Waals surface area (Å²) in [5.74, 6) is -1.06. The molecule has 0 heterocycles. The number of hydrogen-bond acceptors (Lipinski definition) is 2. The first kappa shape index (κ1) is 11.9. The van der Waals surface area contributed by atoms with Gasteiger partial charge in [-0.25, -0.2) is 0 Å². The summed E-state index contributed by atoms with van der Waals surface area (Å²) >= 11 is 0. The van der Waals surface area contributed by atoms with Crippen molar-refractivity contribution in [3.8, 4) is 0 Å². The van der Waals surface area contributed by atoms with Crippen molar-refractivity contribution in [1.82, 2.24) is 5.32 Å². The van der Waals surface area contributed by atoms with Crippen molar-refractivity contribution in [2.75, 3.05) is 0 Å². The number of nitrogens with one attached hydrogen (secondary N) is 1.